The highest BCUT2D eigenvalue weighted by Gasteiger charge is 2.37. The average Bonchev–Trinajstić information content (AvgIpc) is 2.83. The van der Waals surface area contributed by atoms with Crippen LogP contribution in [-0.4, -0.2) is 28.6 Å². The lowest BCUT2D eigenvalue weighted by Crippen LogP contribution is -2.35. The van der Waals surface area contributed by atoms with Crippen molar-refractivity contribution in [3.05, 3.63) is 71.8 Å². The van der Waals surface area contributed by atoms with Crippen molar-refractivity contribution in [2.24, 2.45) is 11.8 Å². The zero-order chi connectivity index (χ0) is 24.5. The summed E-state index contributed by atoms with van der Waals surface area (Å²) in [4.78, 5) is 24.4. The fourth-order valence-corrected chi connectivity index (χ4v) is 4.83. The lowest BCUT2D eigenvalue weighted by molar-refractivity contribution is -0.143. The van der Waals surface area contributed by atoms with Gasteiger partial charge in [-0.3, -0.25) is 9.59 Å². The normalized spacial score (nSPS) is 16.9. The number of ketones is 1. The fraction of sp³-hybridized carbons (Fsp3) is 0.517. The number of carboxylic acids is 1. The smallest absolute Gasteiger partial charge is 0.307 e. The molecular formula is C29H40O4. The first-order chi connectivity index (χ1) is 15.6. The second-order valence-corrected chi connectivity index (χ2v) is 9.96. The zero-order valence-electron chi connectivity index (χ0n) is 20.6. The van der Waals surface area contributed by atoms with Crippen LogP contribution in [0.15, 0.2) is 60.7 Å². The van der Waals surface area contributed by atoms with Gasteiger partial charge in [-0.05, 0) is 48.1 Å². The molecule has 2 N–H and O–H groups in total. The maximum Gasteiger partial charge on any atom is 0.307 e. The number of carbonyl (C=O) groups is 2. The van der Waals surface area contributed by atoms with Crippen LogP contribution in [-0.2, 0) is 20.4 Å². The molecule has 0 saturated carbocycles. The van der Waals surface area contributed by atoms with E-state index >= 15 is 0 Å². The second kappa shape index (κ2) is 12.1. The van der Waals surface area contributed by atoms with E-state index in [2.05, 4.69) is 26.0 Å². The molecule has 0 aromatic heterocycles. The Morgan fingerprint density at radius 3 is 1.64 bits per heavy atom. The number of hydrogen-bond donors (Lipinski definition) is 2. The lowest BCUT2D eigenvalue weighted by Gasteiger charge is -2.36. The van der Waals surface area contributed by atoms with Gasteiger partial charge in [0, 0.05) is 24.9 Å². The van der Waals surface area contributed by atoms with Crippen LogP contribution in [0.25, 0.3) is 0 Å². The van der Waals surface area contributed by atoms with Crippen LogP contribution >= 0.6 is 0 Å². The molecule has 2 aromatic carbocycles. The number of aliphatic hydroxyl groups is 1. The molecule has 4 heteroatoms. The molecule has 180 valence electrons. The summed E-state index contributed by atoms with van der Waals surface area (Å²) in [6.07, 6.45) is 3.91. The summed E-state index contributed by atoms with van der Waals surface area (Å²) in [5, 5.41) is 19.5. The van der Waals surface area contributed by atoms with Crippen molar-refractivity contribution in [3.8, 4) is 0 Å². The maximum atomic E-state index is 12.7. The summed E-state index contributed by atoms with van der Waals surface area (Å²) >= 11 is 0. The Morgan fingerprint density at radius 2 is 1.21 bits per heavy atom. The van der Waals surface area contributed by atoms with Gasteiger partial charge in [0.1, 0.15) is 5.78 Å². The number of carboxylic acid groups (broad SMARTS) is 1. The van der Waals surface area contributed by atoms with Gasteiger partial charge in [-0.1, -0.05) is 88.4 Å². The number of hydrogen-bond acceptors (Lipinski definition) is 3. The topological polar surface area (TPSA) is 74.6 Å². The number of aliphatic carboxylic acids is 1. The van der Waals surface area contributed by atoms with Gasteiger partial charge < -0.3 is 10.2 Å². The third-order valence-electron chi connectivity index (χ3n) is 7.86. The third-order valence-corrected chi connectivity index (χ3v) is 7.86. The second-order valence-electron chi connectivity index (χ2n) is 9.96. The van der Waals surface area contributed by atoms with Crippen molar-refractivity contribution < 1.29 is 19.8 Å². The number of benzene rings is 2. The minimum absolute atomic E-state index is 0.0964. The SMILES string of the molecule is CC(CO)C(C)(CCCC(=O)CCCC(C)(c1ccccc1)C(C)C(=O)O)c1ccccc1. The van der Waals surface area contributed by atoms with E-state index in [-0.39, 0.29) is 23.7 Å². The molecule has 0 heterocycles. The molecule has 0 saturated heterocycles. The first-order valence-electron chi connectivity index (χ1n) is 12.1. The van der Waals surface area contributed by atoms with Crippen molar-refractivity contribution in [3.63, 3.8) is 0 Å². The van der Waals surface area contributed by atoms with Crippen molar-refractivity contribution in [2.45, 2.75) is 77.0 Å². The molecule has 0 aliphatic heterocycles. The highest BCUT2D eigenvalue weighted by Crippen LogP contribution is 2.38. The fourth-order valence-electron chi connectivity index (χ4n) is 4.83. The molecule has 2 aromatic rings. The summed E-state index contributed by atoms with van der Waals surface area (Å²) in [6.45, 7) is 8.09. The summed E-state index contributed by atoms with van der Waals surface area (Å²) < 4.78 is 0. The molecule has 0 radical (unpaired) electrons. The third kappa shape index (κ3) is 6.77. The number of rotatable bonds is 14. The Morgan fingerprint density at radius 1 is 0.788 bits per heavy atom. The quantitative estimate of drug-likeness (QED) is 0.360. The summed E-state index contributed by atoms with van der Waals surface area (Å²) in [5.41, 5.74) is 1.50. The van der Waals surface area contributed by atoms with Crippen LogP contribution < -0.4 is 0 Å². The molecule has 4 atom stereocenters. The maximum absolute atomic E-state index is 12.7. The standard InChI is InChI=1S/C29H40O4/c1-22(21-30)28(3,24-13-7-5-8-14-24)19-11-17-26(31)18-12-20-29(4,23(2)27(32)33)25-15-9-6-10-16-25/h5-10,13-16,22-23,30H,11-12,17-21H2,1-4H3,(H,32,33). The van der Waals surface area contributed by atoms with Crippen molar-refractivity contribution in [1.29, 1.82) is 0 Å². The van der Waals surface area contributed by atoms with Gasteiger partial charge in [0.15, 0.2) is 0 Å². The zero-order valence-corrected chi connectivity index (χ0v) is 20.6. The molecule has 4 nitrogen and oxygen atoms in total. The Bertz CT molecular complexity index is 879. The lowest BCUT2D eigenvalue weighted by atomic mass is 9.69. The summed E-state index contributed by atoms with van der Waals surface area (Å²) in [7, 11) is 0. The van der Waals surface area contributed by atoms with Crippen LogP contribution in [0.4, 0.5) is 0 Å². The highest BCUT2D eigenvalue weighted by molar-refractivity contribution is 5.78. The first-order valence-corrected chi connectivity index (χ1v) is 12.1. The summed E-state index contributed by atoms with van der Waals surface area (Å²) in [5.74, 6) is -1.04. The van der Waals surface area contributed by atoms with E-state index in [9.17, 15) is 19.8 Å². The van der Waals surface area contributed by atoms with Crippen LogP contribution in [0.5, 0.6) is 0 Å². The van der Waals surface area contributed by atoms with E-state index in [0.717, 1.165) is 18.4 Å². The minimum atomic E-state index is -0.814. The number of aliphatic hydroxyl groups excluding tert-OH is 1. The van der Waals surface area contributed by atoms with Gasteiger partial charge in [0.2, 0.25) is 0 Å². The van der Waals surface area contributed by atoms with Gasteiger partial charge >= 0.3 is 5.97 Å². The molecule has 0 fully saturated rings. The van der Waals surface area contributed by atoms with E-state index < -0.39 is 17.3 Å². The average molecular weight is 453 g/mol. The first kappa shape index (κ1) is 26.8. The van der Waals surface area contributed by atoms with Crippen LogP contribution in [0.1, 0.15) is 77.3 Å². The number of carbonyl (C=O) groups excluding carboxylic acids is 1. The van der Waals surface area contributed by atoms with E-state index in [1.807, 2.05) is 55.5 Å². The Balaban J connectivity index is 1.94. The molecule has 2 rings (SSSR count). The molecule has 4 unspecified atom stereocenters. The van der Waals surface area contributed by atoms with E-state index in [4.69, 9.17) is 0 Å². The summed E-state index contributed by atoms with van der Waals surface area (Å²) in [6, 6.07) is 20.0. The van der Waals surface area contributed by atoms with Crippen LogP contribution in [0.2, 0.25) is 0 Å². The van der Waals surface area contributed by atoms with E-state index in [1.165, 1.54) is 5.56 Å². The van der Waals surface area contributed by atoms with Gasteiger partial charge in [0.25, 0.3) is 0 Å². The molecule has 0 spiro atoms. The molecule has 0 aliphatic carbocycles. The molecule has 33 heavy (non-hydrogen) atoms. The Kier molecular flexibility index (Phi) is 9.85. The monoisotopic (exact) mass is 452 g/mol. The number of Topliss-reactive ketones (excluding diaryl/α,β-unsaturated/α-hetero) is 1. The molecular weight excluding hydrogens is 412 g/mol. The molecule has 0 bridgehead atoms. The van der Waals surface area contributed by atoms with Gasteiger partial charge in [-0.15, -0.1) is 0 Å². The predicted molar refractivity (Wildman–Crippen MR) is 133 cm³/mol. The Hall–Kier alpha value is -2.46. The van der Waals surface area contributed by atoms with Crippen molar-refractivity contribution in [2.75, 3.05) is 6.61 Å². The van der Waals surface area contributed by atoms with Crippen molar-refractivity contribution >= 4 is 11.8 Å². The van der Waals surface area contributed by atoms with Gasteiger partial charge in [-0.25, -0.2) is 0 Å². The molecule has 0 amide bonds. The highest BCUT2D eigenvalue weighted by atomic mass is 16.4. The van der Waals surface area contributed by atoms with Crippen LogP contribution in [0.3, 0.4) is 0 Å². The Labute approximate surface area is 199 Å². The van der Waals surface area contributed by atoms with Crippen LogP contribution in [0, 0.1) is 11.8 Å². The van der Waals surface area contributed by atoms with E-state index in [1.54, 1.807) is 6.92 Å². The largest absolute Gasteiger partial charge is 0.481 e. The van der Waals surface area contributed by atoms with Gasteiger partial charge in [0.05, 0.1) is 5.92 Å². The van der Waals surface area contributed by atoms with E-state index in [0.29, 0.717) is 25.7 Å². The predicted octanol–water partition coefficient (Wildman–Crippen LogP) is 6.16. The molecule has 0 aliphatic rings. The van der Waals surface area contributed by atoms with Crippen molar-refractivity contribution in [1.82, 2.24) is 0 Å². The van der Waals surface area contributed by atoms with Gasteiger partial charge in [-0.2, -0.15) is 0 Å². The minimum Gasteiger partial charge on any atom is -0.481 e.